The normalized spacial score (nSPS) is 11.6. The van der Waals surface area contributed by atoms with Gasteiger partial charge in [-0.3, -0.25) is 0 Å². The minimum Gasteiger partial charge on any atom is -0.505 e. The Morgan fingerprint density at radius 2 is 1.67 bits per heavy atom. The van der Waals surface area contributed by atoms with Gasteiger partial charge in [0.05, 0.1) is 5.69 Å². The molecule has 0 unspecified atom stereocenters. The highest BCUT2D eigenvalue weighted by Gasteiger charge is 2.17. The van der Waals surface area contributed by atoms with Crippen molar-refractivity contribution in [2.75, 3.05) is 19.0 Å². The first-order valence-corrected chi connectivity index (χ1v) is 5.25. The van der Waals surface area contributed by atoms with Gasteiger partial charge in [0, 0.05) is 14.1 Å². The molecule has 0 fully saturated rings. The molecular formula is C13H21NO. The molecule has 15 heavy (non-hydrogen) atoms. The minimum atomic E-state index is 0.114. The van der Waals surface area contributed by atoms with E-state index in [1.54, 1.807) is 0 Å². The molecule has 2 nitrogen and oxygen atoms in total. The molecule has 0 heterocycles. The molecule has 0 aromatic heterocycles. The van der Waals surface area contributed by atoms with Crippen molar-refractivity contribution in [2.24, 2.45) is 0 Å². The van der Waals surface area contributed by atoms with Gasteiger partial charge in [-0.15, -0.1) is 0 Å². The van der Waals surface area contributed by atoms with Crippen LogP contribution >= 0.6 is 0 Å². The van der Waals surface area contributed by atoms with Gasteiger partial charge in [-0.05, 0) is 29.5 Å². The average molecular weight is 207 g/mol. The summed E-state index contributed by atoms with van der Waals surface area (Å²) in [4.78, 5) is 1.94. The lowest BCUT2D eigenvalue weighted by molar-refractivity contribution is 0.470. The van der Waals surface area contributed by atoms with Crippen LogP contribution in [0.4, 0.5) is 5.69 Å². The number of hydrogen-bond donors (Lipinski definition) is 1. The maximum atomic E-state index is 9.92. The van der Waals surface area contributed by atoms with Crippen LogP contribution in [0.5, 0.6) is 5.75 Å². The van der Waals surface area contributed by atoms with E-state index < -0.39 is 0 Å². The fourth-order valence-electron chi connectivity index (χ4n) is 1.53. The van der Waals surface area contributed by atoms with Crippen molar-refractivity contribution in [1.82, 2.24) is 0 Å². The summed E-state index contributed by atoms with van der Waals surface area (Å²) in [7, 11) is 3.89. The summed E-state index contributed by atoms with van der Waals surface area (Å²) in [6, 6.07) is 4.12. The van der Waals surface area contributed by atoms with Gasteiger partial charge in [-0.25, -0.2) is 0 Å². The van der Waals surface area contributed by atoms with Crippen molar-refractivity contribution in [2.45, 2.75) is 33.1 Å². The summed E-state index contributed by atoms with van der Waals surface area (Å²) in [5, 5.41) is 9.92. The quantitative estimate of drug-likeness (QED) is 0.765. The second-order valence-corrected chi connectivity index (χ2v) is 5.31. The standard InChI is InChI=1S/C13H21NO/c1-9-7-10(13(2,3)4)8-11(12(9)15)14(5)6/h7-8,15H,1-6H3. The lowest BCUT2D eigenvalue weighted by atomic mass is 9.85. The van der Waals surface area contributed by atoms with Crippen molar-refractivity contribution >= 4 is 5.69 Å². The Balaban J connectivity index is 3.36. The zero-order valence-corrected chi connectivity index (χ0v) is 10.5. The van der Waals surface area contributed by atoms with E-state index in [1.165, 1.54) is 5.56 Å². The molecular weight excluding hydrogens is 186 g/mol. The summed E-state index contributed by atoms with van der Waals surface area (Å²) >= 11 is 0. The minimum absolute atomic E-state index is 0.114. The fourth-order valence-corrected chi connectivity index (χ4v) is 1.53. The molecule has 0 saturated heterocycles. The van der Waals surface area contributed by atoms with E-state index in [0.717, 1.165) is 11.3 Å². The summed E-state index contributed by atoms with van der Waals surface area (Å²) in [5.41, 5.74) is 3.19. The number of rotatable bonds is 1. The Morgan fingerprint density at radius 1 is 1.13 bits per heavy atom. The van der Waals surface area contributed by atoms with Crippen LogP contribution in [0.25, 0.3) is 0 Å². The Kier molecular flexibility index (Phi) is 2.98. The monoisotopic (exact) mass is 207 g/mol. The second-order valence-electron chi connectivity index (χ2n) is 5.31. The topological polar surface area (TPSA) is 23.5 Å². The SMILES string of the molecule is Cc1cc(C(C)(C)C)cc(N(C)C)c1O. The summed E-state index contributed by atoms with van der Waals surface area (Å²) in [6.45, 7) is 8.48. The Hall–Kier alpha value is -1.18. The number of benzene rings is 1. The van der Waals surface area contributed by atoms with Crippen LogP contribution in [0.1, 0.15) is 31.9 Å². The van der Waals surface area contributed by atoms with Crippen LogP contribution in [0, 0.1) is 6.92 Å². The van der Waals surface area contributed by atoms with Crippen LogP contribution in [-0.2, 0) is 5.41 Å². The van der Waals surface area contributed by atoms with E-state index in [2.05, 4.69) is 32.9 Å². The van der Waals surface area contributed by atoms with Crippen molar-refractivity contribution < 1.29 is 5.11 Å². The predicted octanol–water partition coefficient (Wildman–Crippen LogP) is 3.06. The number of hydrogen-bond acceptors (Lipinski definition) is 2. The third-order valence-corrected chi connectivity index (χ3v) is 2.63. The van der Waals surface area contributed by atoms with E-state index in [9.17, 15) is 5.11 Å². The second kappa shape index (κ2) is 3.76. The van der Waals surface area contributed by atoms with Gasteiger partial charge in [0.15, 0.2) is 0 Å². The zero-order chi connectivity index (χ0) is 11.8. The number of nitrogens with zero attached hydrogens (tertiary/aromatic N) is 1. The van der Waals surface area contributed by atoms with Crippen LogP contribution in [-0.4, -0.2) is 19.2 Å². The molecule has 1 rings (SSSR count). The molecule has 0 saturated carbocycles. The summed E-state index contributed by atoms with van der Waals surface area (Å²) in [6.07, 6.45) is 0. The van der Waals surface area contributed by atoms with E-state index in [4.69, 9.17) is 0 Å². The molecule has 0 aliphatic carbocycles. The number of phenols is 1. The van der Waals surface area contributed by atoms with Crippen LogP contribution in [0.15, 0.2) is 12.1 Å². The fraction of sp³-hybridized carbons (Fsp3) is 0.538. The Bertz CT molecular complexity index is 362. The maximum Gasteiger partial charge on any atom is 0.141 e. The highest BCUT2D eigenvalue weighted by atomic mass is 16.3. The van der Waals surface area contributed by atoms with E-state index in [-0.39, 0.29) is 5.41 Å². The zero-order valence-electron chi connectivity index (χ0n) is 10.5. The first-order chi connectivity index (χ1) is 6.73. The van der Waals surface area contributed by atoms with E-state index >= 15 is 0 Å². The van der Waals surface area contributed by atoms with Crippen molar-refractivity contribution in [3.8, 4) is 5.75 Å². The molecule has 0 aliphatic rings. The Labute approximate surface area is 92.5 Å². The van der Waals surface area contributed by atoms with Gasteiger partial charge in [-0.1, -0.05) is 26.8 Å². The van der Waals surface area contributed by atoms with Gasteiger partial charge in [-0.2, -0.15) is 0 Å². The molecule has 84 valence electrons. The van der Waals surface area contributed by atoms with Gasteiger partial charge in [0.25, 0.3) is 0 Å². The number of phenolic OH excluding ortho intramolecular Hbond substituents is 1. The smallest absolute Gasteiger partial charge is 0.141 e. The molecule has 0 amide bonds. The maximum absolute atomic E-state index is 9.92. The van der Waals surface area contributed by atoms with Gasteiger partial charge in [0.2, 0.25) is 0 Å². The molecule has 0 spiro atoms. The molecule has 1 aromatic carbocycles. The molecule has 1 aromatic rings. The third kappa shape index (κ3) is 2.44. The van der Waals surface area contributed by atoms with E-state index in [0.29, 0.717) is 5.75 Å². The van der Waals surface area contributed by atoms with E-state index in [1.807, 2.05) is 25.9 Å². The highest BCUT2D eigenvalue weighted by Crippen LogP contribution is 2.35. The molecule has 0 atom stereocenters. The lowest BCUT2D eigenvalue weighted by Gasteiger charge is -2.24. The molecule has 1 N–H and O–H groups in total. The van der Waals surface area contributed by atoms with Crippen LogP contribution in [0.2, 0.25) is 0 Å². The first kappa shape index (κ1) is 11.9. The first-order valence-electron chi connectivity index (χ1n) is 5.25. The number of anilines is 1. The van der Waals surface area contributed by atoms with Crippen LogP contribution in [0.3, 0.4) is 0 Å². The van der Waals surface area contributed by atoms with Crippen LogP contribution < -0.4 is 4.90 Å². The third-order valence-electron chi connectivity index (χ3n) is 2.63. The highest BCUT2D eigenvalue weighted by molar-refractivity contribution is 5.62. The molecule has 0 radical (unpaired) electrons. The van der Waals surface area contributed by atoms with Gasteiger partial charge < -0.3 is 10.0 Å². The lowest BCUT2D eigenvalue weighted by Crippen LogP contribution is -2.15. The average Bonchev–Trinajstić information content (AvgIpc) is 2.06. The van der Waals surface area contributed by atoms with Gasteiger partial charge >= 0.3 is 0 Å². The Morgan fingerprint density at radius 3 is 2.07 bits per heavy atom. The van der Waals surface area contributed by atoms with Gasteiger partial charge in [0.1, 0.15) is 5.75 Å². The molecule has 0 bridgehead atoms. The number of aryl methyl sites for hydroxylation is 1. The van der Waals surface area contributed by atoms with Crippen molar-refractivity contribution in [1.29, 1.82) is 0 Å². The largest absolute Gasteiger partial charge is 0.505 e. The summed E-state index contributed by atoms with van der Waals surface area (Å²) < 4.78 is 0. The predicted molar refractivity (Wildman–Crippen MR) is 65.9 cm³/mol. The summed E-state index contributed by atoms with van der Waals surface area (Å²) in [5.74, 6) is 0.382. The van der Waals surface area contributed by atoms with Crippen molar-refractivity contribution in [3.05, 3.63) is 23.3 Å². The number of aromatic hydroxyl groups is 1. The molecule has 0 aliphatic heterocycles. The molecule has 2 heteroatoms. The van der Waals surface area contributed by atoms with Crippen molar-refractivity contribution in [3.63, 3.8) is 0 Å².